The molecule has 1 unspecified atom stereocenters. The zero-order valence-electron chi connectivity index (χ0n) is 13.8. The fourth-order valence-electron chi connectivity index (χ4n) is 2.66. The zero-order chi connectivity index (χ0) is 16.4. The molecule has 1 aliphatic heterocycles. The highest BCUT2D eigenvalue weighted by molar-refractivity contribution is 5.89. The van der Waals surface area contributed by atoms with E-state index < -0.39 is 0 Å². The van der Waals surface area contributed by atoms with Crippen molar-refractivity contribution in [2.45, 2.75) is 45.1 Å². The zero-order valence-corrected chi connectivity index (χ0v) is 13.8. The van der Waals surface area contributed by atoms with E-state index in [9.17, 15) is 4.79 Å². The van der Waals surface area contributed by atoms with Crippen LogP contribution in [-0.4, -0.2) is 17.5 Å². The quantitative estimate of drug-likeness (QED) is 0.940. The van der Waals surface area contributed by atoms with Crippen molar-refractivity contribution in [3.63, 3.8) is 0 Å². The highest BCUT2D eigenvalue weighted by atomic mass is 16.5. The van der Waals surface area contributed by atoms with Gasteiger partial charge in [-0.3, -0.25) is 10.1 Å². The highest BCUT2D eigenvalue weighted by Crippen LogP contribution is 2.30. The second-order valence-corrected chi connectivity index (χ2v) is 6.85. The molecule has 2 aromatic rings. The van der Waals surface area contributed by atoms with Gasteiger partial charge in [0.25, 0.3) is 0 Å². The Morgan fingerprint density at radius 2 is 2.13 bits per heavy atom. The van der Waals surface area contributed by atoms with Gasteiger partial charge in [0.05, 0.1) is 24.8 Å². The molecule has 0 saturated heterocycles. The third kappa shape index (κ3) is 3.62. The van der Waals surface area contributed by atoms with Crippen molar-refractivity contribution >= 4 is 11.9 Å². The summed E-state index contributed by atoms with van der Waals surface area (Å²) in [7, 11) is 0. The minimum absolute atomic E-state index is 0.113. The highest BCUT2D eigenvalue weighted by Gasteiger charge is 2.24. The Balaban J connectivity index is 1.65. The molecular formula is C18H22N2O3. The predicted molar refractivity (Wildman–Crippen MR) is 87.3 cm³/mol. The normalized spacial score (nSPS) is 17.6. The largest absolute Gasteiger partial charge is 0.432 e. The fraction of sp³-hybridized carbons (Fsp3) is 0.444. The van der Waals surface area contributed by atoms with Crippen LogP contribution in [0.25, 0.3) is 0 Å². The van der Waals surface area contributed by atoms with Crippen molar-refractivity contribution in [3.8, 4) is 0 Å². The number of hydrogen-bond donors (Lipinski definition) is 1. The van der Waals surface area contributed by atoms with E-state index in [4.69, 9.17) is 9.15 Å². The Hall–Kier alpha value is -2.14. The van der Waals surface area contributed by atoms with Gasteiger partial charge in [0.2, 0.25) is 5.91 Å². The number of oxazole rings is 1. The summed E-state index contributed by atoms with van der Waals surface area (Å²) in [5.74, 6) is -0.158. The maximum atomic E-state index is 12.3. The molecule has 3 rings (SSSR count). The van der Waals surface area contributed by atoms with Crippen molar-refractivity contribution in [1.29, 1.82) is 0 Å². The van der Waals surface area contributed by atoms with Crippen LogP contribution in [0.2, 0.25) is 0 Å². The first-order valence-corrected chi connectivity index (χ1v) is 7.89. The number of aromatic nitrogens is 1. The maximum absolute atomic E-state index is 12.3. The van der Waals surface area contributed by atoms with E-state index in [0.29, 0.717) is 6.61 Å². The van der Waals surface area contributed by atoms with Gasteiger partial charge in [0.1, 0.15) is 6.26 Å². The van der Waals surface area contributed by atoms with E-state index >= 15 is 0 Å². The minimum atomic E-state index is -0.211. The average molecular weight is 314 g/mol. The van der Waals surface area contributed by atoms with Crippen molar-refractivity contribution in [3.05, 3.63) is 47.3 Å². The van der Waals surface area contributed by atoms with E-state index in [1.165, 1.54) is 5.56 Å². The Kier molecular flexibility index (Phi) is 4.22. The van der Waals surface area contributed by atoms with Crippen LogP contribution in [0.3, 0.4) is 0 Å². The van der Waals surface area contributed by atoms with Gasteiger partial charge in [-0.25, -0.2) is 0 Å². The van der Waals surface area contributed by atoms with Crippen molar-refractivity contribution in [2.24, 2.45) is 0 Å². The van der Waals surface area contributed by atoms with E-state index in [0.717, 1.165) is 17.7 Å². The Morgan fingerprint density at radius 1 is 1.35 bits per heavy atom. The standard InChI is InChI=1S/C18H22N2O3/c1-18(2,3)15-11-23-17(19-15)20-16(21)10-14-13-7-5-4-6-12(13)8-9-22-14/h4-7,11,14H,8-10H2,1-3H3,(H,19,20,21). The van der Waals surface area contributed by atoms with Crippen LogP contribution in [-0.2, 0) is 21.4 Å². The van der Waals surface area contributed by atoms with Crippen molar-refractivity contribution in [1.82, 2.24) is 4.98 Å². The van der Waals surface area contributed by atoms with E-state index in [1.54, 1.807) is 6.26 Å². The van der Waals surface area contributed by atoms with Crippen LogP contribution >= 0.6 is 0 Å². The van der Waals surface area contributed by atoms with Gasteiger partial charge < -0.3 is 9.15 Å². The number of nitrogens with zero attached hydrogens (tertiary/aromatic N) is 1. The lowest BCUT2D eigenvalue weighted by Gasteiger charge is -2.25. The molecular weight excluding hydrogens is 292 g/mol. The molecule has 1 N–H and O–H groups in total. The van der Waals surface area contributed by atoms with Gasteiger partial charge in [-0.1, -0.05) is 45.0 Å². The van der Waals surface area contributed by atoms with Crippen LogP contribution in [0.4, 0.5) is 6.01 Å². The molecule has 0 fully saturated rings. The topological polar surface area (TPSA) is 64.4 Å². The molecule has 0 aliphatic carbocycles. The molecule has 5 heteroatoms. The second-order valence-electron chi connectivity index (χ2n) is 6.85. The van der Waals surface area contributed by atoms with Gasteiger partial charge in [0, 0.05) is 5.41 Å². The van der Waals surface area contributed by atoms with E-state index in [1.807, 2.05) is 39.0 Å². The first kappa shape index (κ1) is 15.7. The average Bonchev–Trinajstić information content (AvgIpc) is 2.96. The van der Waals surface area contributed by atoms with Gasteiger partial charge in [0.15, 0.2) is 0 Å². The monoisotopic (exact) mass is 314 g/mol. The predicted octanol–water partition coefficient (Wildman–Crippen LogP) is 3.61. The molecule has 5 nitrogen and oxygen atoms in total. The minimum Gasteiger partial charge on any atom is -0.432 e. The van der Waals surface area contributed by atoms with Crippen molar-refractivity contribution in [2.75, 3.05) is 11.9 Å². The third-order valence-corrected chi connectivity index (χ3v) is 3.98. The van der Waals surface area contributed by atoms with Crippen LogP contribution in [0.5, 0.6) is 0 Å². The van der Waals surface area contributed by atoms with Gasteiger partial charge in [-0.05, 0) is 17.5 Å². The molecule has 0 spiro atoms. The molecule has 0 bridgehead atoms. The lowest BCUT2D eigenvalue weighted by atomic mass is 9.93. The summed E-state index contributed by atoms with van der Waals surface area (Å²) in [6, 6.07) is 8.34. The summed E-state index contributed by atoms with van der Waals surface area (Å²) >= 11 is 0. The SMILES string of the molecule is CC(C)(C)c1coc(NC(=O)CC2OCCc3ccccc32)n1. The maximum Gasteiger partial charge on any atom is 0.301 e. The Morgan fingerprint density at radius 3 is 2.87 bits per heavy atom. The number of nitrogens with one attached hydrogen (secondary N) is 1. The van der Waals surface area contributed by atoms with Gasteiger partial charge >= 0.3 is 6.01 Å². The summed E-state index contributed by atoms with van der Waals surface area (Å²) in [6.07, 6.45) is 2.52. The smallest absolute Gasteiger partial charge is 0.301 e. The Bertz CT molecular complexity index is 700. The van der Waals surface area contributed by atoms with Gasteiger partial charge in [-0.15, -0.1) is 0 Å². The molecule has 0 radical (unpaired) electrons. The molecule has 1 aromatic carbocycles. The van der Waals surface area contributed by atoms with Gasteiger partial charge in [-0.2, -0.15) is 4.98 Å². The number of anilines is 1. The van der Waals surface area contributed by atoms with Crippen LogP contribution in [0.15, 0.2) is 34.9 Å². The Labute approximate surface area is 136 Å². The van der Waals surface area contributed by atoms with Crippen LogP contribution in [0.1, 0.15) is 50.1 Å². The lowest BCUT2D eigenvalue weighted by Crippen LogP contribution is -2.22. The second kappa shape index (κ2) is 6.16. The summed E-state index contributed by atoms with van der Waals surface area (Å²) < 4.78 is 11.1. The summed E-state index contributed by atoms with van der Waals surface area (Å²) in [5, 5.41) is 2.72. The molecule has 1 amide bonds. The van der Waals surface area contributed by atoms with E-state index in [2.05, 4.69) is 16.4 Å². The number of carbonyl (C=O) groups is 1. The summed E-state index contributed by atoms with van der Waals surface area (Å²) in [4.78, 5) is 16.6. The number of hydrogen-bond acceptors (Lipinski definition) is 4. The summed E-state index contributed by atoms with van der Waals surface area (Å²) in [6.45, 7) is 6.78. The number of carbonyl (C=O) groups excluding carboxylic acids is 1. The number of benzene rings is 1. The van der Waals surface area contributed by atoms with Crippen LogP contribution in [0, 0.1) is 0 Å². The molecule has 0 saturated carbocycles. The summed E-state index contributed by atoms with van der Waals surface area (Å²) in [5.41, 5.74) is 3.05. The first-order chi connectivity index (χ1) is 10.9. The number of rotatable bonds is 3. The number of ether oxygens (including phenoxy) is 1. The molecule has 1 aliphatic rings. The third-order valence-electron chi connectivity index (χ3n) is 3.98. The number of amides is 1. The molecule has 122 valence electrons. The van der Waals surface area contributed by atoms with E-state index in [-0.39, 0.29) is 29.9 Å². The fourth-order valence-corrected chi connectivity index (χ4v) is 2.66. The van der Waals surface area contributed by atoms with Crippen molar-refractivity contribution < 1.29 is 13.9 Å². The first-order valence-electron chi connectivity index (χ1n) is 7.89. The molecule has 1 atom stereocenters. The number of fused-ring (bicyclic) bond motifs is 1. The molecule has 23 heavy (non-hydrogen) atoms. The van der Waals surface area contributed by atoms with Crippen LogP contribution < -0.4 is 5.32 Å². The molecule has 2 heterocycles. The lowest BCUT2D eigenvalue weighted by molar-refractivity contribution is -0.119. The molecule has 1 aromatic heterocycles.